The molecule has 2 rings (SSSR count). The molecule has 0 spiro atoms. The number of amides is 1. The maximum Gasteiger partial charge on any atom is 0.326 e. The minimum Gasteiger partial charge on any atom is -0.469 e. The topological polar surface area (TPSA) is 98.8 Å². The highest BCUT2D eigenvalue weighted by molar-refractivity contribution is 6.19. The van der Waals surface area contributed by atoms with Crippen LogP contribution < -0.4 is 5.32 Å². The molecule has 1 unspecified atom stereocenters. The van der Waals surface area contributed by atoms with Gasteiger partial charge in [0.2, 0.25) is 5.91 Å². The number of nitrogens with one attached hydrogen (secondary N) is 1. The van der Waals surface area contributed by atoms with Gasteiger partial charge < -0.3 is 14.8 Å². The number of rotatable bonds is 7. The van der Waals surface area contributed by atoms with E-state index in [1.54, 1.807) is 18.2 Å². The Labute approximate surface area is 145 Å². The number of esters is 2. The Kier molecular flexibility index (Phi) is 5.56. The predicted molar refractivity (Wildman–Crippen MR) is 89.3 cm³/mol. The Morgan fingerprint density at radius 1 is 1.12 bits per heavy atom. The summed E-state index contributed by atoms with van der Waals surface area (Å²) in [4.78, 5) is 48.5. The summed E-state index contributed by atoms with van der Waals surface area (Å²) in [5.74, 6) is -1.83. The van der Waals surface area contributed by atoms with Crippen LogP contribution in [-0.4, -0.2) is 37.8 Å². The van der Waals surface area contributed by atoms with Gasteiger partial charge in [-0.2, -0.15) is 0 Å². The highest BCUT2D eigenvalue weighted by Crippen LogP contribution is 2.42. The van der Waals surface area contributed by atoms with Crippen LogP contribution in [0, 0.1) is 0 Å². The van der Waals surface area contributed by atoms with Crippen LogP contribution in [0.25, 0.3) is 0 Å². The number of ketones is 1. The summed E-state index contributed by atoms with van der Waals surface area (Å²) in [6.07, 6.45) is 0.827. The zero-order valence-corrected chi connectivity index (χ0v) is 14.5. The maximum absolute atomic E-state index is 12.5. The van der Waals surface area contributed by atoms with Crippen LogP contribution in [0.3, 0.4) is 0 Å². The number of Topliss-reactive ketones (excluding diaryl/α,β-unsaturated/α-hetero) is 1. The van der Waals surface area contributed by atoms with E-state index in [-0.39, 0.29) is 25.0 Å². The molecule has 0 radical (unpaired) electrons. The van der Waals surface area contributed by atoms with Gasteiger partial charge in [-0.05, 0) is 24.6 Å². The molecule has 0 aromatic heterocycles. The molecule has 0 fully saturated rings. The molecule has 1 aromatic rings. The number of ether oxygens (including phenoxy) is 2. The number of fused-ring (bicyclic) bond motifs is 1. The third-order valence-corrected chi connectivity index (χ3v) is 4.38. The molecule has 0 aliphatic carbocycles. The Morgan fingerprint density at radius 3 is 2.44 bits per heavy atom. The normalized spacial score (nSPS) is 18.3. The Bertz CT molecular complexity index is 716. The van der Waals surface area contributed by atoms with Crippen molar-refractivity contribution in [2.45, 2.75) is 38.0 Å². The van der Waals surface area contributed by atoms with Gasteiger partial charge in [0.1, 0.15) is 0 Å². The van der Waals surface area contributed by atoms with Crippen LogP contribution in [-0.2, 0) is 29.3 Å². The van der Waals surface area contributed by atoms with Gasteiger partial charge >= 0.3 is 11.9 Å². The monoisotopic (exact) mass is 347 g/mol. The third-order valence-electron chi connectivity index (χ3n) is 4.38. The molecule has 25 heavy (non-hydrogen) atoms. The molecule has 0 saturated heterocycles. The molecule has 7 nitrogen and oxygen atoms in total. The van der Waals surface area contributed by atoms with Crippen molar-refractivity contribution < 1.29 is 28.7 Å². The van der Waals surface area contributed by atoms with Gasteiger partial charge in [0.15, 0.2) is 11.2 Å². The first-order valence-corrected chi connectivity index (χ1v) is 8.05. The molecule has 1 aliphatic heterocycles. The number of methoxy groups -OCH3 is 2. The Hall–Kier alpha value is -2.70. The van der Waals surface area contributed by atoms with Gasteiger partial charge in [-0.1, -0.05) is 13.3 Å². The zero-order chi connectivity index (χ0) is 18.6. The van der Waals surface area contributed by atoms with Crippen molar-refractivity contribution in [3.8, 4) is 0 Å². The van der Waals surface area contributed by atoms with E-state index in [2.05, 4.69) is 10.1 Å². The number of anilines is 1. The van der Waals surface area contributed by atoms with Crippen molar-refractivity contribution >= 4 is 29.3 Å². The number of hydrogen-bond acceptors (Lipinski definition) is 6. The lowest BCUT2D eigenvalue weighted by atomic mass is 9.77. The summed E-state index contributed by atoms with van der Waals surface area (Å²) in [5, 5.41) is 2.69. The van der Waals surface area contributed by atoms with Crippen LogP contribution in [0.4, 0.5) is 5.69 Å². The standard InChI is InChI=1S/C18H21NO6/c1-4-9-18(17(23)25-3)12-10-11(5-6-13(12)19-16(18)22)14(20)7-8-15(21)24-2/h5-6,10H,4,7-9H2,1-3H3,(H,19,22). The van der Waals surface area contributed by atoms with E-state index in [1.165, 1.54) is 14.2 Å². The fourth-order valence-corrected chi connectivity index (χ4v) is 3.10. The SMILES string of the molecule is CCCC1(C(=O)OC)C(=O)Nc2ccc(C(=O)CCC(=O)OC)cc21. The van der Waals surface area contributed by atoms with Crippen molar-refractivity contribution in [3.63, 3.8) is 0 Å². The molecule has 134 valence electrons. The van der Waals surface area contributed by atoms with Gasteiger partial charge in [0, 0.05) is 23.2 Å². The second kappa shape index (κ2) is 7.46. The molecule has 1 aromatic carbocycles. The van der Waals surface area contributed by atoms with Gasteiger partial charge in [-0.15, -0.1) is 0 Å². The van der Waals surface area contributed by atoms with Crippen LogP contribution in [0.15, 0.2) is 18.2 Å². The molecule has 0 saturated carbocycles. The van der Waals surface area contributed by atoms with Gasteiger partial charge in [-0.3, -0.25) is 19.2 Å². The van der Waals surface area contributed by atoms with Gasteiger partial charge in [0.05, 0.1) is 20.6 Å². The van der Waals surface area contributed by atoms with Gasteiger partial charge in [0.25, 0.3) is 0 Å². The minimum atomic E-state index is -1.45. The number of benzene rings is 1. The van der Waals surface area contributed by atoms with Crippen LogP contribution in [0.1, 0.15) is 48.5 Å². The van der Waals surface area contributed by atoms with E-state index in [9.17, 15) is 19.2 Å². The molecule has 1 atom stereocenters. The highest BCUT2D eigenvalue weighted by atomic mass is 16.5. The summed E-state index contributed by atoms with van der Waals surface area (Å²) < 4.78 is 9.39. The van der Waals surface area contributed by atoms with Crippen LogP contribution in [0.2, 0.25) is 0 Å². The summed E-state index contributed by atoms with van der Waals surface area (Å²) in [6, 6.07) is 4.70. The average Bonchev–Trinajstić information content (AvgIpc) is 2.90. The first-order valence-electron chi connectivity index (χ1n) is 8.05. The molecule has 1 aliphatic rings. The lowest BCUT2D eigenvalue weighted by Gasteiger charge is -2.24. The summed E-state index contributed by atoms with van der Waals surface area (Å²) in [7, 11) is 2.49. The van der Waals surface area contributed by atoms with Crippen molar-refractivity contribution in [2.24, 2.45) is 0 Å². The minimum absolute atomic E-state index is 0.00810. The van der Waals surface area contributed by atoms with Crippen LogP contribution in [0.5, 0.6) is 0 Å². The van der Waals surface area contributed by atoms with Crippen molar-refractivity contribution in [1.29, 1.82) is 0 Å². The lowest BCUT2D eigenvalue weighted by Crippen LogP contribution is -2.43. The molecule has 1 amide bonds. The van der Waals surface area contributed by atoms with Crippen molar-refractivity contribution in [1.82, 2.24) is 0 Å². The quantitative estimate of drug-likeness (QED) is 0.460. The second-order valence-electron chi connectivity index (χ2n) is 5.86. The van der Waals surface area contributed by atoms with E-state index in [1.807, 2.05) is 6.92 Å². The summed E-state index contributed by atoms with van der Waals surface area (Å²) in [6.45, 7) is 1.86. The van der Waals surface area contributed by atoms with E-state index in [0.717, 1.165) is 0 Å². The average molecular weight is 347 g/mol. The van der Waals surface area contributed by atoms with Crippen LogP contribution >= 0.6 is 0 Å². The van der Waals surface area contributed by atoms with Crippen molar-refractivity contribution in [3.05, 3.63) is 29.3 Å². The fraction of sp³-hybridized carbons (Fsp3) is 0.444. The van der Waals surface area contributed by atoms with E-state index in [4.69, 9.17) is 4.74 Å². The third kappa shape index (κ3) is 3.26. The summed E-state index contributed by atoms with van der Waals surface area (Å²) >= 11 is 0. The molecule has 1 heterocycles. The molecule has 0 bridgehead atoms. The van der Waals surface area contributed by atoms with Crippen molar-refractivity contribution in [2.75, 3.05) is 19.5 Å². The first kappa shape index (κ1) is 18.6. The molecule has 7 heteroatoms. The summed E-state index contributed by atoms with van der Waals surface area (Å²) in [5.41, 5.74) is -0.177. The smallest absolute Gasteiger partial charge is 0.326 e. The lowest BCUT2D eigenvalue weighted by molar-refractivity contribution is -0.151. The highest BCUT2D eigenvalue weighted by Gasteiger charge is 2.53. The molecular formula is C18H21NO6. The predicted octanol–water partition coefficient (Wildman–Crippen LogP) is 1.99. The van der Waals surface area contributed by atoms with E-state index in [0.29, 0.717) is 23.2 Å². The number of carbonyl (C=O) groups is 4. The number of hydrogen-bond donors (Lipinski definition) is 1. The fourth-order valence-electron chi connectivity index (χ4n) is 3.10. The van der Waals surface area contributed by atoms with E-state index < -0.39 is 23.3 Å². The largest absolute Gasteiger partial charge is 0.469 e. The zero-order valence-electron chi connectivity index (χ0n) is 14.5. The molecule has 1 N–H and O–H groups in total. The Balaban J connectivity index is 2.40. The second-order valence-corrected chi connectivity index (χ2v) is 5.86. The Morgan fingerprint density at radius 2 is 1.84 bits per heavy atom. The molecular weight excluding hydrogens is 326 g/mol. The van der Waals surface area contributed by atoms with E-state index >= 15 is 0 Å². The maximum atomic E-state index is 12.5. The van der Waals surface area contributed by atoms with Gasteiger partial charge in [-0.25, -0.2) is 0 Å². The number of carbonyl (C=O) groups excluding carboxylic acids is 4. The first-order chi connectivity index (χ1) is 11.9.